The fourth-order valence-electron chi connectivity index (χ4n) is 1.93. The highest BCUT2D eigenvalue weighted by molar-refractivity contribution is 6.09. The number of amides is 2. The molecule has 0 aliphatic carbocycles. The average molecular weight is 348 g/mol. The van der Waals surface area contributed by atoms with Crippen molar-refractivity contribution in [3.05, 3.63) is 18.2 Å². The van der Waals surface area contributed by atoms with Crippen molar-refractivity contribution in [1.82, 2.24) is 5.32 Å². The Morgan fingerprint density at radius 3 is 2.52 bits per heavy atom. The van der Waals surface area contributed by atoms with Crippen LogP contribution in [0.3, 0.4) is 0 Å². The maximum Gasteiger partial charge on any atom is 0.325 e. The van der Waals surface area contributed by atoms with Crippen LogP contribution < -0.4 is 19.7 Å². The Balaban J connectivity index is 2.96. The largest absolute Gasteiger partial charge is 0.497 e. The molecule has 1 rings (SSSR count). The lowest BCUT2D eigenvalue weighted by Gasteiger charge is -2.22. The number of methoxy groups -OCH3 is 2. The van der Waals surface area contributed by atoms with E-state index in [1.54, 1.807) is 25.1 Å². The van der Waals surface area contributed by atoms with Crippen LogP contribution in [0.5, 0.6) is 11.5 Å². The molecule has 0 saturated heterocycles. The van der Waals surface area contributed by atoms with Gasteiger partial charge in [0.25, 0.3) is 0 Å². The van der Waals surface area contributed by atoms with Crippen LogP contribution >= 0.6 is 0 Å². The number of nitrogens with zero attached hydrogens (tertiary/aromatic N) is 1. The summed E-state index contributed by atoms with van der Waals surface area (Å²) < 4.78 is 15.0. The molecule has 1 aromatic carbocycles. The number of carbonyl (C=O) groups excluding carboxylic acids is 3. The Kier molecular flexibility index (Phi) is 7.79. The van der Waals surface area contributed by atoms with Crippen molar-refractivity contribution < 1.29 is 28.6 Å². The Bertz CT molecular complexity index is 680. The number of hydrogen-bond acceptors (Lipinski definition) is 6. The zero-order valence-electron chi connectivity index (χ0n) is 14.3. The van der Waals surface area contributed by atoms with E-state index in [2.05, 4.69) is 5.32 Å². The van der Waals surface area contributed by atoms with Gasteiger partial charge in [-0.3, -0.25) is 19.3 Å². The molecule has 0 bridgehead atoms. The van der Waals surface area contributed by atoms with Crippen LogP contribution in [-0.4, -0.2) is 51.7 Å². The zero-order chi connectivity index (χ0) is 18.8. The van der Waals surface area contributed by atoms with Gasteiger partial charge in [-0.25, -0.2) is 0 Å². The Hall–Kier alpha value is -3.21. The van der Waals surface area contributed by atoms with Gasteiger partial charge < -0.3 is 19.5 Å². The molecule has 8 nitrogen and oxygen atoms in total. The summed E-state index contributed by atoms with van der Waals surface area (Å²) in [5.41, 5.74) is 0.303. The summed E-state index contributed by atoms with van der Waals surface area (Å²) in [6, 6.07) is 4.71. The summed E-state index contributed by atoms with van der Waals surface area (Å²) in [7, 11) is 2.90. The van der Waals surface area contributed by atoms with Crippen LogP contribution in [0, 0.1) is 12.3 Å². The van der Waals surface area contributed by atoms with Crippen molar-refractivity contribution in [2.75, 3.05) is 38.8 Å². The van der Waals surface area contributed by atoms with Gasteiger partial charge in [-0.15, -0.1) is 6.42 Å². The molecule has 134 valence electrons. The van der Waals surface area contributed by atoms with Gasteiger partial charge in [-0.1, -0.05) is 0 Å². The molecule has 0 atom stereocenters. The van der Waals surface area contributed by atoms with E-state index in [9.17, 15) is 14.4 Å². The summed E-state index contributed by atoms with van der Waals surface area (Å²) in [6.07, 6.45) is 5.18. The summed E-state index contributed by atoms with van der Waals surface area (Å²) >= 11 is 0. The van der Waals surface area contributed by atoms with Crippen molar-refractivity contribution in [1.29, 1.82) is 0 Å². The second-order valence-electron chi connectivity index (χ2n) is 4.66. The van der Waals surface area contributed by atoms with Crippen molar-refractivity contribution in [2.45, 2.75) is 6.92 Å². The van der Waals surface area contributed by atoms with Crippen molar-refractivity contribution in [3.8, 4) is 23.8 Å². The van der Waals surface area contributed by atoms with E-state index in [1.807, 2.05) is 5.92 Å². The van der Waals surface area contributed by atoms with E-state index in [0.29, 0.717) is 17.2 Å². The third-order valence-electron chi connectivity index (χ3n) is 3.08. The number of ether oxygens (including phenoxy) is 3. The van der Waals surface area contributed by atoms with Gasteiger partial charge in [-0.2, -0.15) is 0 Å². The highest BCUT2D eigenvalue weighted by atomic mass is 16.5. The average Bonchev–Trinajstić information content (AvgIpc) is 2.63. The second-order valence-corrected chi connectivity index (χ2v) is 4.66. The first-order valence-electron chi connectivity index (χ1n) is 7.39. The summed E-state index contributed by atoms with van der Waals surface area (Å²) in [6.45, 7) is 1.18. The Morgan fingerprint density at radius 1 is 1.24 bits per heavy atom. The van der Waals surface area contributed by atoms with Crippen LogP contribution in [-0.2, 0) is 19.1 Å². The summed E-state index contributed by atoms with van der Waals surface area (Å²) in [5.74, 6) is 0.906. The van der Waals surface area contributed by atoms with Crippen molar-refractivity contribution in [3.63, 3.8) is 0 Å². The molecule has 8 heteroatoms. The van der Waals surface area contributed by atoms with Gasteiger partial charge in [0.15, 0.2) is 0 Å². The SMILES string of the molecule is C#CC(=O)N(CC(=O)NCC(=O)OCC)c1ccc(OC)cc1OC. The highest BCUT2D eigenvalue weighted by Crippen LogP contribution is 2.32. The topological polar surface area (TPSA) is 94.2 Å². The van der Waals surface area contributed by atoms with Gasteiger partial charge in [0, 0.05) is 6.07 Å². The number of benzene rings is 1. The number of carbonyl (C=O) groups is 3. The van der Waals surface area contributed by atoms with Crippen LogP contribution in [0.4, 0.5) is 5.69 Å². The number of terminal acetylenes is 1. The molecular formula is C17H20N2O6. The van der Waals surface area contributed by atoms with Crippen LogP contribution in [0.25, 0.3) is 0 Å². The standard InChI is InChI=1S/C17H20N2O6/c1-5-16(21)19(11-15(20)18-10-17(22)25-6-2)13-8-7-12(23-3)9-14(13)24-4/h1,7-9H,6,10-11H2,2-4H3,(H,18,20). The van der Waals surface area contributed by atoms with Gasteiger partial charge >= 0.3 is 11.9 Å². The molecule has 0 saturated carbocycles. The van der Waals surface area contributed by atoms with E-state index >= 15 is 0 Å². The van der Waals surface area contributed by atoms with Crippen LogP contribution in [0.1, 0.15) is 6.92 Å². The quantitative estimate of drug-likeness (QED) is 0.538. The van der Waals surface area contributed by atoms with Crippen LogP contribution in [0.2, 0.25) is 0 Å². The molecule has 1 aromatic rings. The molecular weight excluding hydrogens is 328 g/mol. The molecule has 0 unspecified atom stereocenters. The lowest BCUT2D eigenvalue weighted by atomic mass is 10.2. The Labute approximate surface area is 146 Å². The minimum absolute atomic E-state index is 0.208. The van der Waals surface area contributed by atoms with E-state index in [-0.39, 0.29) is 19.7 Å². The molecule has 0 radical (unpaired) electrons. The van der Waals surface area contributed by atoms with Crippen LogP contribution in [0.15, 0.2) is 18.2 Å². The smallest absolute Gasteiger partial charge is 0.325 e. The molecule has 1 N–H and O–H groups in total. The van der Waals surface area contributed by atoms with E-state index < -0.39 is 17.8 Å². The third kappa shape index (κ3) is 5.73. The lowest BCUT2D eigenvalue weighted by molar-refractivity contribution is -0.143. The summed E-state index contributed by atoms with van der Waals surface area (Å²) in [4.78, 5) is 36.4. The maximum absolute atomic E-state index is 12.0. The second kappa shape index (κ2) is 9.82. The van der Waals surface area contributed by atoms with Gasteiger partial charge in [0.2, 0.25) is 5.91 Å². The van der Waals surface area contributed by atoms with Gasteiger partial charge in [0.05, 0.1) is 26.5 Å². The fourth-order valence-corrected chi connectivity index (χ4v) is 1.93. The van der Waals surface area contributed by atoms with Gasteiger partial charge in [-0.05, 0) is 25.0 Å². The minimum Gasteiger partial charge on any atom is -0.497 e. The molecule has 0 fully saturated rings. The fraction of sp³-hybridized carbons (Fsp3) is 0.353. The molecule has 2 amide bonds. The first kappa shape index (κ1) is 19.8. The number of esters is 1. The monoisotopic (exact) mass is 348 g/mol. The van der Waals surface area contributed by atoms with Crippen molar-refractivity contribution >= 4 is 23.5 Å². The number of hydrogen-bond donors (Lipinski definition) is 1. The molecule has 25 heavy (non-hydrogen) atoms. The van der Waals surface area contributed by atoms with E-state index in [0.717, 1.165) is 4.90 Å². The molecule has 0 aromatic heterocycles. The lowest BCUT2D eigenvalue weighted by Crippen LogP contribution is -2.42. The highest BCUT2D eigenvalue weighted by Gasteiger charge is 2.22. The number of rotatable bonds is 8. The van der Waals surface area contributed by atoms with Crippen molar-refractivity contribution in [2.24, 2.45) is 0 Å². The normalized spacial score (nSPS) is 9.52. The van der Waals surface area contributed by atoms with E-state index in [4.69, 9.17) is 20.6 Å². The molecule has 0 heterocycles. The molecule has 0 aliphatic heterocycles. The van der Waals surface area contributed by atoms with E-state index in [1.165, 1.54) is 14.2 Å². The first-order chi connectivity index (χ1) is 12.0. The zero-order valence-corrected chi connectivity index (χ0v) is 14.3. The Morgan fingerprint density at radius 2 is 1.96 bits per heavy atom. The third-order valence-corrected chi connectivity index (χ3v) is 3.08. The predicted octanol–water partition coefficient (Wildman–Crippen LogP) is 0.349. The minimum atomic E-state index is -0.727. The number of anilines is 1. The maximum atomic E-state index is 12.0. The van der Waals surface area contributed by atoms with Gasteiger partial charge in [0.1, 0.15) is 24.6 Å². The predicted molar refractivity (Wildman–Crippen MR) is 90.4 cm³/mol. The first-order valence-corrected chi connectivity index (χ1v) is 7.39. The summed E-state index contributed by atoms with van der Waals surface area (Å²) in [5, 5.41) is 2.37. The molecule has 0 spiro atoms. The molecule has 0 aliphatic rings. The number of nitrogens with one attached hydrogen (secondary N) is 1.